The van der Waals surface area contributed by atoms with Gasteiger partial charge >= 0.3 is 0 Å². The third-order valence-corrected chi connectivity index (χ3v) is 10.3. The molecule has 2 heterocycles. The summed E-state index contributed by atoms with van der Waals surface area (Å²) in [7, 11) is -1.93. The molecule has 0 radical (unpaired) electrons. The van der Waals surface area contributed by atoms with Gasteiger partial charge in [0, 0.05) is 49.3 Å². The number of carbonyl (C=O) groups is 2. The molecule has 1 aliphatic carbocycles. The van der Waals surface area contributed by atoms with E-state index in [1.165, 1.54) is 10.7 Å². The van der Waals surface area contributed by atoms with Crippen LogP contribution in [0, 0.1) is 5.92 Å². The number of rotatable bonds is 5. The zero-order chi connectivity index (χ0) is 23.8. The Morgan fingerprint density at radius 1 is 1.09 bits per heavy atom. The number of benzene rings is 1. The molecule has 1 saturated heterocycles. The van der Waals surface area contributed by atoms with Gasteiger partial charge in [-0.15, -0.1) is 0 Å². The van der Waals surface area contributed by atoms with Crippen LogP contribution in [0.3, 0.4) is 0 Å². The smallest absolute Gasteiger partial charge is 0.244 e. The molecule has 0 unspecified atom stereocenters. The van der Waals surface area contributed by atoms with Crippen molar-refractivity contribution in [1.29, 1.82) is 0 Å². The fourth-order valence-corrected chi connectivity index (χ4v) is 8.07. The summed E-state index contributed by atoms with van der Waals surface area (Å²) in [5.74, 6) is -0.254. The van der Waals surface area contributed by atoms with Crippen molar-refractivity contribution in [3.63, 3.8) is 0 Å². The van der Waals surface area contributed by atoms with Crippen LogP contribution in [0.4, 0.5) is 5.69 Å². The molecule has 1 aromatic rings. The van der Waals surface area contributed by atoms with Gasteiger partial charge in [-0.3, -0.25) is 9.59 Å². The number of anilines is 1. The number of hydrogen-bond donors (Lipinski definition) is 0. The minimum Gasteiger partial charge on any atom is -0.342 e. The molecule has 1 aromatic carbocycles. The van der Waals surface area contributed by atoms with E-state index in [0.29, 0.717) is 48.9 Å². The van der Waals surface area contributed by atoms with Crippen LogP contribution in [0.15, 0.2) is 21.5 Å². The molecule has 0 aromatic heterocycles. The number of fused-ring (bicyclic) bond motifs is 1. The van der Waals surface area contributed by atoms with Crippen LogP contribution in [-0.2, 0) is 26.0 Å². The van der Waals surface area contributed by atoms with Gasteiger partial charge in [-0.2, -0.15) is 4.31 Å². The van der Waals surface area contributed by atoms with Gasteiger partial charge in [-0.25, -0.2) is 8.42 Å². The summed E-state index contributed by atoms with van der Waals surface area (Å²) in [5, 5.41) is 0. The maximum atomic E-state index is 13.7. The van der Waals surface area contributed by atoms with Crippen LogP contribution < -0.4 is 4.90 Å². The van der Waals surface area contributed by atoms with Crippen LogP contribution in [0.1, 0.15) is 63.9 Å². The Morgan fingerprint density at radius 3 is 2.52 bits per heavy atom. The molecule has 9 heteroatoms. The van der Waals surface area contributed by atoms with Gasteiger partial charge < -0.3 is 9.80 Å². The van der Waals surface area contributed by atoms with Gasteiger partial charge in [0.25, 0.3) is 0 Å². The minimum atomic E-state index is -3.81. The Labute approximate surface area is 205 Å². The van der Waals surface area contributed by atoms with Crippen LogP contribution in [0.2, 0.25) is 0 Å². The van der Waals surface area contributed by atoms with E-state index in [1.807, 2.05) is 24.9 Å². The van der Waals surface area contributed by atoms with Crippen LogP contribution in [-0.4, -0.2) is 62.2 Å². The van der Waals surface area contributed by atoms with E-state index in [-0.39, 0.29) is 35.2 Å². The maximum Gasteiger partial charge on any atom is 0.244 e. The van der Waals surface area contributed by atoms with E-state index < -0.39 is 10.0 Å². The number of piperidine rings is 1. The summed E-state index contributed by atoms with van der Waals surface area (Å²) < 4.78 is 29.3. The van der Waals surface area contributed by atoms with Gasteiger partial charge in [0.2, 0.25) is 21.8 Å². The first-order chi connectivity index (χ1) is 15.7. The lowest BCUT2D eigenvalue weighted by molar-refractivity contribution is -0.138. The number of halogens is 1. The molecular formula is C24H34BrN3O4S. The lowest BCUT2D eigenvalue weighted by atomic mass is 9.92. The molecule has 2 amide bonds. The Kier molecular flexibility index (Phi) is 7.50. The Morgan fingerprint density at radius 2 is 1.82 bits per heavy atom. The molecule has 1 saturated carbocycles. The summed E-state index contributed by atoms with van der Waals surface area (Å²) in [4.78, 5) is 29.3. The van der Waals surface area contributed by atoms with Gasteiger partial charge in [0.15, 0.2) is 0 Å². The summed E-state index contributed by atoms with van der Waals surface area (Å²) in [6.45, 7) is 3.00. The van der Waals surface area contributed by atoms with E-state index in [0.717, 1.165) is 31.2 Å². The summed E-state index contributed by atoms with van der Waals surface area (Å²) in [5.41, 5.74) is 1.66. The maximum absolute atomic E-state index is 13.7. The molecule has 2 aliphatic heterocycles. The van der Waals surface area contributed by atoms with Crippen molar-refractivity contribution in [3.05, 3.63) is 22.2 Å². The molecule has 7 nitrogen and oxygen atoms in total. The molecular weight excluding hydrogens is 506 g/mol. The zero-order valence-electron chi connectivity index (χ0n) is 19.6. The first kappa shape index (κ1) is 24.7. The van der Waals surface area contributed by atoms with E-state index in [9.17, 15) is 18.0 Å². The Bertz CT molecular complexity index is 1020. The second-order valence-electron chi connectivity index (χ2n) is 9.50. The molecule has 4 rings (SSSR count). The molecule has 2 fully saturated rings. The van der Waals surface area contributed by atoms with E-state index in [1.54, 1.807) is 11.0 Å². The number of sulfonamides is 1. The number of amides is 2. The molecule has 33 heavy (non-hydrogen) atoms. The highest BCUT2D eigenvalue weighted by Crippen LogP contribution is 2.38. The van der Waals surface area contributed by atoms with Gasteiger partial charge in [-0.05, 0) is 65.7 Å². The van der Waals surface area contributed by atoms with E-state index in [4.69, 9.17) is 0 Å². The van der Waals surface area contributed by atoms with E-state index >= 15 is 0 Å². The van der Waals surface area contributed by atoms with Crippen LogP contribution in [0.25, 0.3) is 0 Å². The molecule has 1 atom stereocenters. The highest BCUT2D eigenvalue weighted by atomic mass is 79.9. The first-order valence-electron chi connectivity index (χ1n) is 12.1. The summed E-state index contributed by atoms with van der Waals surface area (Å²) in [6, 6.07) is 3.73. The molecule has 0 N–H and O–H groups in total. The number of nitrogens with zero attached hydrogens (tertiary/aromatic N) is 3. The summed E-state index contributed by atoms with van der Waals surface area (Å²) in [6.07, 6.45) is 8.07. The minimum absolute atomic E-state index is 0.00574. The van der Waals surface area contributed by atoms with Crippen LogP contribution in [0.5, 0.6) is 0 Å². The average molecular weight is 541 g/mol. The highest BCUT2D eigenvalue weighted by molar-refractivity contribution is 9.10. The lowest BCUT2D eigenvalue weighted by Crippen LogP contribution is -2.48. The van der Waals surface area contributed by atoms with Crippen molar-refractivity contribution in [2.75, 3.05) is 31.6 Å². The fourth-order valence-electron chi connectivity index (χ4n) is 5.47. The summed E-state index contributed by atoms with van der Waals surface area (Å²) >= 11 is 3.46. The first-order valence-corrected chi connectivity index (χ1v) is 14.4. The monoisotopic (exact) mass is 539 g/mol. The number of hydrogen-bond acceptors (Lipinski definition) is 4. The van der Waals surface area contributed by atoms with Crippen molar-refractivity contribution < 1.29 is 18.0 Å². The third-order valence-electron chi connectivity index (χ3n) is 7.45. The van der Waals surface area contributed by atoms with Gasteiger partial charge in [0.05, 0.1) is 10.8 Å². The molecule has 182 valence electrons. The quantitative estimate of drug-likeness (QED) is 0.567. The Hall–Kier alpha value is -1.45. The molecule has 0 bridgehead atoms. The van der Waals surface area contributed by atoms with Crippen molar-refractivity contribution >= 4 is 43.5 Å². The van der Waals surface area contributed by atoms with Crippen molar-refractivity contribution in [3.8, 4) is 0 Å². The fraction of sp³-hybridized carbons (Fsp3) is 0.667. The predicted octanol–water partition coefficient (Wildman–Crippen LogP) is 3.94. The van der Waals surface area contributed by atoms with Gasteiger partial charge in [-0.1, -0.05) is 26.2 Å². The van der Waals surface area contributed by atoms with Crippen LogP contribution >= 0.6 is 15.9 Å². The van der Waals surface area contributed by atoms with Gasteiger partial charge in [0.1, 0.15) is 0 Å². The van der Waals surface area contributed by atoms with Crippen molar-refractivity contribution in [1.82, 2.24) is 9.21 Å². The predicted molar refractivity (Wildman–Crippen MR) is 132 cm³/mol. The second-order valence-corrected chi connectivity index (χ2v) is 12.3. The van der Waals surface area contributed by atoms with Crippen molar-refractivity contribution in [2.45, 2.75) is 75.6 Å². The highest BCUT2D eigenvalue weighted by Gasteiger charge is 2.37. The zero-order valence-corrected chi connectivity index (χ0v) is 22.0. The largest absolute Gasteiger partial charge is 0.342 e. The standard InChI is InChI=1S/C24H34BrN3O4S/c1-3-23(29)28-13-11-17-14-20(25)22(15-21(17)28)33(31,32)27-12-7-8-18(16-27)24(30)26(2)19-9-5-4-6-10-19/h14-15,18-19H,3-13,16H2,1-2H3/t18-/m0/s1. The van der Waals surface area contributed by atoms with Crippen molar-refractivity contribution in [2.24, 2.45) is 5.92 Å². The second kappa shape index (κ2) is 10.0. The lowest BCUT2D eigenvalue weighted by Gasteiger charge is -2.37. The third kappa shape index (κ3) is 4.86. The van der Waals surface area contributed by atoms with E-state index in [2.05, 4.69) is 15.9 Å². The average Bonchev–Trinajstić information content (AvgIpc) is 3.25. The molecule has 0 spiro atoms. The Balaban J connectivity index is 1.55. The molecule has 3 aliphatic rings. The normalized spacial score (nSPS) is 22.3. The topological polar surface area (TPSA) is 78.0 Å². The SMILES string of the molecule is CCC(=O)N1CCc2cc(Br)c(S(=O)(=O)N3CCC[C@H](C(=O)N(C)C4CCCCC4)C3)cc21. The number of carbonyl (C=O) groups excluding carboxylic acids is 2.